The molecule has 0 aliphatic carbocycles. The number of aromatic hydroxyl groups is 1. The predicted octanol–water partition coefficient (Wildman–Crippen LogP) is 2.65. The standard InChI is InChI=1S/C17H18N4O4/c22-16-6-2-4-14(12-16)19-7-9-20(10-8-19)17(23)18-13-3-1-5-15(11-13)21(24)25/h1-6,11-12,22H,7-10H2,(H,18,23). The average molecular weight is 342 g/mol. The third kappa shape index (κ3) is 3.97. The van der Waals surface area contributed by atoms with Gasteiger partial charge in [0.25, 0.3) is 5.69 Å². The highest BCUT2D eigenvalue weighted by Gasteiger charge is 2.22. The van der Waals surface area contributed by atoms with Crippen LogP contribution in [0.1, 0.15) is 0 Å². The summed E-state index contributed by atoms with van der Waals surface area (Å²) in [6.45, 7) is 2.34. The molecule has 8 nitrogen and oxygen atoms in total. The lowest BCUT2D eigenvalue weighted by molar-refractivity contribution is -0.384. The van der Waals surface area contributed by atoms with E-state index < -0.39 is 4.92 Å². The normalized spacial score (nSPS) is 14.2. The summed E-state index contributed by atoms with van der Waals surface area (Å²) in [5.41, 5.74) is 1.25. The Balaban J connectivity index is 1.58. The summed E-state index contributed by atoms with van der Waals surface area (Å²) in [5, 5.41) is 23.0. The second-order valence-electron chi connectivity index (χ2n) is 5.73. The summed E-state index contributed by atoms with van der Waals surface area (Å²) < 4.78 is 0. The molecule has 0 atom stereocenters. The zero-order chi connectivity index (χ0) is 17.8. The number of rotatable bonds is 3. The predicted molar refractivity (Wildman–Crippen MR) is 94.0 cm³/mol. The molecule has 0 aromatic heterocycles. The van der Waals surface area contributed by atoms with Crippen molar-refractivity contribution in [3.05, 3.63) is 58.6 Å². The van der Waals surface area contributed by atoms with Gasteiger partial charge >= 0.3 is 6.03 Å². The van der Waals surface area contributed by atoms with Crippen molar-refractivity contribution in [2.45, 2.75) is 0 Å². The van der Waals surface area contributed by atoms with E-state index in [1.165, 1.54) is 18.2 Å². The number of benzene rings is 2. The number of carbonyl (C=O) groups is 1. The molecule has 1 fully saturated rings. The number of urea groups is 1. The van der Waals surface area contributed by atoms with Crippen LogP contribution in [0.15, 0.2) is 48.5 Å². The van der Waals surface area contributed by atoms with Crippen molar-refractivity contribution >= 4 is 23.1 Å². The monoisotopic (exact) mass is 342 g/mol. The maximum atomic E-state index is 12.3. The van der Waals surface area contributed by atoms with E-state index in [2.05, 4.69) is 10.2 Å². The van der Waals surface area contributed by atoms with E-state index in [9.17, 15) is 20.0 Å². The average Bonchev–Trinajstić information content (AvgIpc) is 2.62. The van der Waals surface area contributed by atoms with Crippen LogP contribution >= 0.6 is 0 Å². The number of non-ortho nitro benzene ring substituents is 1. The molecule has 2 aromatic carbocycles. The smallest absolute Gasteiger partial charge is 0.321 e. The number of anilines is 2. The summed E-state index contributed by atoms with van der Waals surface area (Å²) in [6.07, 6.45) is 0. The van der Waals surface area contributed by atoms with E-state index in [4.69, 9.17) is 0 Å². The van der Waals surface area contributed by atoms with Crippen molar-refractivity contribution < 1.29 is 14.8 Å². The molecule has 3 rings (SSSR count). The van der Waals surface area contributed by atoms with Crippen LogP contribution in [0.25, 0.3) is 0 Å². The first kappa shape index (κ1) is 16.6. The Hall–Kier alpha value is -3.29. The lowest BCUT2D eigenvalue weighted by atomic mass is 10.2. The number of hydrogen-bond acceptors (Lipinski definition) is 5. The molecular formula is C17H18N4O4. The quantitative estimate of drug-likeness (QED) is 0.660. The molecule has 1 aliphatic heterocycles. The molecule has 8 heteroatoms. The Bertz CT molecular complexity index is 788. The van der Waals surface area contributed by atoms with Gasteiger partial charge in [0.15, 0.2) is 0 Å². The second kappa shape index (κ2) is 7.08. The molecular weight excluding hydrogens is 324 g/mol. The zero-order valence-corrected chi connectivity index (χ0v) is 13.5. The van der Waals surface area contributed by atoms with Crippen molar-refractivity contribution in [3.63, 3.8) is 0 Å². The number of nitro benzene ring substituents is 1. The summed E-state index contributed by atoms with van der Waals surface area (Å²) in [7, 11) is 0. The van der Waals surface area contributed by atoms with E-state index in [1.54, 1.807) is 29.2 Å². The van der Waals surface area contributed by atoms with Crippen LogP contribution in [0.3, 0.4) is 0 Å². The van der Waals surface area contributed by atoms with Gasteiger partial charge in [-0.3, -0.25) is 10.1 Å². The minimum atomic E-state index is -0.496. The number of hydrogen-bond donors (Lipinski definition) is 2. The zero-order valence-electron chi connectivity index (χ0n) is 13.5. The maximum absolute atomic E-state index is 12.3. The molecule has 130 valence electrons. The second-order valence-corrected chi connectivity index (χ2v) is 5.73. The molecule has 0 radical (unpaired) electrons. The Labute approximate surface area is 144 Å². The first-order valence-electron chi connectivity index (χ1n) is 7.87. The van der Waals surface area contributed by atoms with Gasteiger partial charge in [-0.25, -0.2) is 4.79 Å². The molecule has 0 bridgehead atoms. The lowest BCUT2D eigenvalue weighted by Crippen LogP contribution is -2.50. The third-order valence-corrected chi connectivity index (χ3v) is 4.07. The molecule has 0 unspecified atom stereocenters. The van der Waals surface area contributed by atoms with Gasteiger partial charge in [0.1, 0.15) is 5.75 Å². The van der Waals surface area contributed by atoms with Gasteiger partial charge in [-0.15, -0.1) is 0 Å². The van der Waals surface area contributed by atoms with Crippen molar-refractivity contribution in [1.82, 2.24) is 4.90 Å². The van der Waals surface area contributed by atoms with Crippen LogP contribution in [0.4, 0.5) is 21.9 Å². The molecule has 1 saturated heterocycles. The van der Waals surface area contributed by atoms with Gasteiger partial charge in [0, 0.05) is 55.8 Å². The van der Waals surface area contributed by atoms with Crippen LogP contribution in [-0.2, 0) is 0 Å². The summed E-state index contributed by atoms with van der Waals surface area (Å²) in [4.78, 5) is 26.4. The van der Waals surface area contributed by atoms with Crippen LogP contribution in [0.5, 0.6) is 5.75 Å². The van der Waals surface area contributed by atoms with E-state index in [1.807, 2.05) is 6.07 Å². The Morgan fingerprint density at radius 3 is 2.48 bits per heavy atom. The number of amides is 2. The molecule has 1 aliphatic rings. The van der Waals surface area contributed by atoms with E-state index in [0.717, 1.165) is 5.69 Å². The fraction of sp³-hybridized carbons (Fsp3) is 0.235. The highest BCUT2D eigenvalue weighted by molar-refractivity contribution is 5.89. The Morgan fingerprint density at radius 1 is 1.08 bits per heavy atom. The van der Waals surface area contributed by atoms with Gasteiger partial charge < -0.3 is 20.2 Å². The van der Waals surface area contributed by atoms with E-state index in [-0.39, 0.29) is 17.5 Å². The van der Waals surface area contributed by atoms with Crippen LogP contribution < -0.4 is 10.2 Å². The van der Waals surface area contributed by atoms with Crippen LogP contribution in [0.2, 0.25) is 0 Å². The highest BCUT2D eigenvalue weighted by atomic mass is 16.6. The van der Waals surface area contributed by atoms with Gasteiger partial charge in [0.05, 0.1) is 4.92 Å². The molecule has 0 saturated carbocycles. The number of carbonyl (C=O) groups excluding carboxylic acids is 1. The third-order valence-electron chi connectivity index (χ3n) is 4.07. The van der Waals surface area contributed by atoms with Crippen molar-refractivity contribution in [3.8, 4) is 5.75 Å². The van der Waals surface area contributed by atoms with Crippen LogP contribution in [-0.4, -0.2) is 47.1 Å². The Kier molecular flexibility index (Phi) is 4.69. The number of piperazine rings is 1. The first-order valence-corrected chi connectivity index (χ1v) is 7.87. The fourth-order valence-corrected chi connectivity index (χ4v) is 2.76. The number of nitro groups is 1. The molecule has 2 aromatic rings. The van der Waals surface area contributed by atoms with Gasteiger partial charge in [-0.1, -0.05) is 12.1 Å². The first-order chi connectivity index (χ1) is 12.0. The van der Waals surface area contributed by atoms with Gasteiger partial charge in [-0.05, 0) is 18.2 Å². The number of phenolic OH excluding ortho intramolecular Hbond substituents is 1. The summed E-state index contributed by atoms with van der Waals surface area (Å²) >= 11 is 0. The number of nitrogens with zero attached hydrogens (tertiary/aromatic N) is 3. The SMILES string of the molecule is O=C(Nc1cccc([N+](=O)[O-])c1)N1CCN(c2cccc(O)c2)CC1. The van der Waals surface area contributed by atoms with Crippen molar-refractivity contribution in [1.29, 1.82) is 0 Å². The fourth-order valence-electron chi connectivity index (χ4n) is 2.76. The van der Waals surface area contributed by atoms with Crippen molar-refractivity contribution in [2.75, 3.05) is 36.4 Å². The largest absolute Gasteiger partial charge is 0.508 e. The van der Waals surface area contributed by atoms with E-state index >= 15 is 0 Å². The van der Waals surface area contributed by atoms with Crippen molar-refractivity contribution in [2.24, 2.45) is 0 Å². The van der Waals surface area contributed by atoms with E-state index in [0.29, 0.717) is 31.9 Å². The number of phenols is 1. The molecule has 0 spiro atoms. The van der Waals surface area contributed by atoms with Gasteiger partial charge in [0.2, 0.25) is 0 Å². The molecule has 25 heavy (non-hydrogen) atoms. The van der Waals surface area contributed by atoms with Crippen LogP contribution in [0, 0.1) is 10.1 Å². The van der Waals surface area contributed by atoms with Gasteiger partial charge in [-0.2, -0.15) is 0 Å². The maximum Gasteiger partial charge on any atom is 0.321 e. The molecule has 2 N–H and O–H groups in total. The minimum absolute atomic E-state index is 0.0634. The summed E-state index contributed by atoms with van der Waals surface area (Å²) in [6, 6.07) is 12.6. The topological polar surface area (TPSA) is 98.9 Å². The summed E-state index contributed by atoms with van der Waals surface area (Å²) in [5.74, 6) is 0.211. The minimum Gasteiger partial charge on any atom is -0.508 e. The molecule has 1 heterocycles. The lowest BCUT2D eigenvalue weighted by Gasteiger charge is -2.36. The molecule has 2 amide bonds. The number of nitrogens with one attached hydrogen (secondary N) is 1. The Morgan fingerprint density at radius 2 is 1.80 bits per heavy atom. The highest BCUT2D eigenvalue weighted by Crippen LogP contribution is 2.22.